The standard InChI is InChI=1S/C15H22N2O3/c1-10(2)13(16)14(18)17-12(15(19)20-3)9-11-7-5-4-6-8-11/h4-8,10,12-13H,9,16H2,1-3H3,(H,17,18)/t12?,13-/m0/s1. The van der Waals surface area contributed by atoms with Gasteiger partial charge in [0.1, 0.15) is 6.04 Å². The largest absolute Gasteiger partial charge is 0.467 e. The Hall–Kier alpha value is -1.88. The lowest BCUT2D eigenvalue weighted by Crippen LogP contribution is -2.51. The summed E-state index contributed by atoms with van der Waals surface area (Å²) in [6.45, 7) is 3.71. The lowest BCUT2D eigenvalue weighted by atomic mass is 10.0. The Morgan fingerprint density at radius 2 is 1.85 bits per heavy atom. The molecular weight excluding hydrogens is 256 g/mol. The molecule has 5 nitrogen and oxygen atoms in total. The number of hydrogen-bond acceptors (Lipinski definition) is 4. The van der Waals surface area contributed by atoms with Crippen LogP contribution >= 0.6 is 0 Å². The highest BCUT2D eigenvalue weighted by Gasteiger charge is 2.25. The summed E-state index contributed by atoms with van der Waals surface area (Å²) >= 11 is 0. The molecule has 0 fully saturated rings. The van der Waals surface area contributed by atoms with Gasteiger partial charge >= 0.3 is 5.97 Å². The van der Waals surface area contributed by atoms with Crippen molar-refractivity contribution in [2.75, 3.05) is 7.11 Å². The number of carbonyl (C=O) groups is 2. The molecule has 110 valence electrons. The number of ether oxygens (including phenoxy) is 1. The zero-order valence-electron chi connectivity index (χ0n) is 12.1. The van der Waals surface area contributed by atoms with Crippen molar-refractivity contribution in [3.05, 3.63) is 35.9 Å². The van der Waals surface area contributed by atoms with E-state index < -0.39 is 18.1 Å². The number of rotatable bonds is 6. The molecule has 2 atom stereocenters. The van der Waals surface area contributed by atoms with Crippen molar-refractivity contribution in [1.29, 1.82) is 0 Å². The van der Waals surface area contributed by atoms with Crippen molar-refractivity contribution in [3.63, 3.8) is 0 Å². The molecule has 1 amide bonds. The molecule has 0 aliphatic rings. The van der Waals surface area contributed by atoms with Crippen LogP contribution in [0, 0.1) is 5.92 Å². The molecular formula is C15H22N2O3. The van der Waals surface area contributed by atoms with Gasteiger partial charge in [-0.05, 0) is 11.5 Å². The summed E-state index contributed by atoms with van der Waals surface area (Å²) in [4.78, 5) is 23.7. The second-order valence-electron chi connectivity index (χ2n) is 5.04. The van der Waals surface area contributed by atoms with Crippen LogP contribution in [0.2, 0.25) is 0 Å². The lowest BCUT2D eigenvalue weighted by Gasteiger charge is -2.21. The summed E-state index contributed by atoms with van der Waals surface area (Å²) in [6.07, 6.45) is 0.379. The fraction of sp³-hybridized carbons (Fsp3) is 0.467. The van der Waals surface area contributed by atoms with Crippen LogP contribution in [0.15, 0.2) is 30.3 Å². The summed E-state index contributed by atoms with van der Waals surface area (Å²) < 4.78 is 4.73. The van der Waals surface area contributed by atoms with Crippen LogP contribution in [-0.2, 0) is 20.7 Å². The van der Waals surface area contributed by atoms with Crippen LogP contribution in [0.4, 0.5) is 0 Å². The quantitative estimate of drug-likeness (QED) is 0.757. The van der Waals surface area contributed by atoms with Crippen molar-refractivity contribution in [2.24, 2.45) is 11.7 Å². The minimum atomic E-state index is -0.723. The number of benzene rings is 1. The SMILES string of the molecule is COC(=O)C(Cc1ccccc1)NC(=O)[C@@H](N)C(C)C. The van der Waals surface area contributed by atoms with Crippen LogP contribution in [0.25, 0.3) is 0 Å². The van der Waals surface area contributed by atoms with Crippen molar-refractivity contribution < 1.29 is 14.3 Å². The Bertz CT molecular complexity index is 446. The first-order valence-corrected chi connectivity index (χ1v) is 6.63. The fourth-order valence-corrected chi connectivity index (χ4v) is 1.76. The molecule has 0 bridgehead atoms. The van der Waals surface area contributed by atoms with Crippen molar-refractivity contribution in [2.45, 2.75) is 32.4 Å². The lowest BCUT2D eigenvalue weighted by molar-refractivity contribution is -0.145. The maximum absolute atomic E-state index is 12.0. The number of carbonyl (C=O) groups excluding carboxylic acids is 2. The van der Waals surface area contributed by atoms with Gasteiger partial charge in [0.05, 0.1) is 13.2 Å². The summed E-state index contributed by atoms with van der Waals surface area (Å²) in [5.74, 6) is -0.811. The number of nitrogens with one attached hydrogen (secondary N) is 1. The Balaban J connectivity index is 2.75. The monoisotopic (exact) mass is 278 g/mol. The predicted molar refractivity (Wildman–Crippen MR) is 76.9 cm³/mol. The molecule has 1 aromatic rings. The van der Waals surface area contributed by atoms with E-state index in [1.54, 1.807) is 0 Å². The zero-order valence-corrected chi connectivity index (χ0v) is 12.1. The van der Waals surface area contributed by atoms with Gasteiger partial charge in [0, 0.05) is 6.42 Å². The van der Waals surface area contributed by atoms with E-state index >= 15 is 0 Å². The minimum absolute atomic E-state index is 0.00465. The Morgan fingerprint density at radius 1 is 1.25 bits per heavy atom. The molecule has 20 heavy (non-hydrogen) atoms. The Labute approximate surface area is 119 Å². The number of nitrogens with two attached hydrogens (primary N) is 1. The molecule has 0 heterocycles. The van der Waals surface area contributed by atoms with Gasteiger partial charge in [-0.2, -0.15) is 0 Å². The predicted octanol–water partition coefficient (Wildman–Crippen LogP) is 0.870. The topological polar surface area (TPSA) is 81.4 Å². The van der Waals surface area contributed by atoms with Gasteiger partial charge in [0.25, 0.3) is 0 Å². The third-order valence-electron chi connectivity index (χ3n) is 3.11. The van der Waals surface area contributed by atoms with Crippen molar-refractivity contribution in [3.8, 4) is 0 Å². The first-order valence-electron chi connectivity index (χ1n) is 6.63. The molecule has 0 saturated heterocycles. The van der Waals surface area contributed by atoms with E-state index in [1.165, 1.54) is 7.11 Å². The molecule has 0 aliphatic carbocycles. The molecule has 0 saturated carbocycles. The molecule has 3 N–H and O–H groups in total. The van der Waals surface area contributed by atoms with Gasteiger partial charge in [-0.15, -0.1) is 0 Å². The number of amides is 1. The maximum Gasteiger partial charge on any atom is 0.328 e. The summed E-state index contributed by atoms with van der Waals surface area (Å²) in [5.41, 5.74) is 6.72. The first kappa shape index (κ1) is 16.2. The van der Waals surface area contributed by atoms with Crippen LogP contribution < -0.4 is 11.1 Å². The van der Waals surface area contributed by atoms with E-state index in [0.29, 0.717) is 6.42 Å². The van der Waals surface area contributed by atoms with E-state index in [1.807, 2.05) is 44.2 Å². The molecule has 1 unspecified atom stereocenters. The van der Waals surface area contributed by atoms with Gasteiger partial charge in [-0.3, -0.25) is 4.79 Å². The van der Waals surface area contributed by atoms with Crippen LogP contribution in [0.5, 0.6) is 0 Å². The minimum Gasteiger partial charge on any atom is -0.467 e. The van der Waals surface area contributed by atoms with E-state index in [4.69, 9.17) is 10.5 Å². The number of esters is 1. The fourth-order valence-electron chi connectivity index (χ4n) is 1.76. The van der Waals surface area contributed by atoms with E-state index in [2.05, 4.69) is 5.32 Å². The van der Waals surface area contributed by atoms with Crippen LogP contribution in [0.3, 0.4) is 0 Å². The normalized spacial score (nSPS) is 13.7. The molecule has 0 spiro atoms. The highest BCUT2D eigenvalue weighted by molar-refractivity contribution is 5.87. The van der Waals surface area contributed by atoms with Gasteiger partial charge < -0.3 is 15.8 Å². The second kappa shape index (κ2) is 7.65. The van der Waals surface area contributed by atoms with E-state index in [0.717, 1.165) is 5.56 Å². The van der Waals surface area contributed by atoms with E-state index in [-0.39, 0.29) is 11.8 Å². The first-order chi connectivity index (χ1) is 9.45. The highest BCUT2D eigenvalue weighted by atomic mass is 16.5. The summed E-state index contributed by atoms with van der Waals surface area (Å²) in [6, 6.07) is 8.08. The number of hydrogen-bond donors (Lipinski definition) is 2. The van der Waals surface area contributed by atoms with Gasteiger partial charge in [0.2, 0.25) is 5.91 Å². The van der Waals surface area contributed by atoms with Crippen molar-refractivity contribution in [1.82, 2.24) is 5.32 Å². The van der Waals surface area contributed by atoms with Gasteiger partial charge in [0.15, 0.2) is 0 Å². The summed E-state index contributed by atoms with van der Waals surface area (Å²) in [5, 5.41) is 2.66. The van der Waals surface area contributed by atoms with Crippen LogP contribution in [-0.4, -0.2) is 31.1 Å². The maximum atomic E-state index is 12.0. The average Bonchev–Trinajstić information content (AvgIpc) is 2.45. The second-order valence-corrected chi connectivity index (χ2v) is 5.04. The van der Waals surface area contributed by atoms with E-state index in [9.17, 15) is 9.59 Å². The van der Waals surface area contributed by atoms with Crippen molar-refractivity contribution >= 4 is 11.9 Å². The molecule has 1 rings (SSSR count). The molecule has 0 aromatic heterocycles. The third kappa shape index (κ3) is 4.66. The van der Waals surface area contributed by atoms with Crippen LogP contribution in [0.1, 0.15) is 19.4 Å². The van der Waals surface area contributed by atoms with Gasteiger partial charge in [-0.25, -0.2) is 4.79 Å². The zero-order chi connectivity index (χ0) is 15.1. The Morgan fingerprint density at radius 3 is 2.35 bits per heavy atom. The smallest absolute Gasteiger partial charge is 0.328 e. The average molecular weight is 278 g/mol. The highest BCUT2D eigenvalue weighted by Crippen LogP contribution is 2.06. The number of methoxy groups -OCH3 is 1. The molecule has 5 heteroatoms. The summed E-state index contributed by atoms with van der Waals surface area (Å²) in [7, 11) is 1.30. The Kier molecular flexibility index (Phi) is 6.18. The molecule has 0 aliphatic heterocycles. The molecule has 0 radical (unpaired) electrons. The molecule has 1 aromatic carbocycles. The third-order valence-corrected chi connectivity index (χ3v) is 3.11. The van der Waals surface area contributed by atoms with Gasteiger partial charge in [-0.1, -0.05) is 44.2 Å².